The van der Waals surface area contributed by atoms with Crippen molar-refractivity contribution >= 4 is 16.8 Å². The van der Waals surface area contributed by atoms with E-state index in [1.54, 1.807) is 0 Å². The maximum atomic E-state index is 12.0. The molecule has 2 aliphatic rings. The summed E-state index contributed by atoms with van der Waals surface area (Å²) in [5, 5.41) is 1.33. The minimum atomic E-state index is -0.107. The fourth-order valence-electron chi connectivity index (χ4n) is 3.67. The summed E-state index contributed by atoms with van der Waals surface area (Å²) in [5.74, 6) is 0.307. The number of nitrogens with one attached hydrogen (secondary N) is 1. The van der Waals surface area contributed by atoms with Crippen LogP contribution in [0.25, 0.3) is 10.9 Å². The highest BCUT2D eigenvalue weighted by Crippen LogP contribution is 2.45. The van der Waals surface area contributed by atoms with Crippen LogP contribution in [-0.2, 0) is 16.8 Å². The molecule has 92 valence electrons. The van der Waals surface area contributed by atoms with E-state index in [2.05, 4.69) is 41.1 Å². The molecule has 3 nitrogen and oxygen atoms in total. The van der Waals surface area contributed by atoms with E-state index in [9.17, 15) is 4.79 Å². The summed E-state index contributed by atoms with van der Waals surface area (Å²) in [6, 6.07) is 8.45. The number of fused-ring (bicyclic) bond motifs is 5. The number of hydrogen-bond donors (Lipinski definition) is 1. The maximum absolute atomic E-state index is 12.0. The first-order chi connectivity index (χ1) is 8.70. The number of amides is 1. The van der Waals surface area contributed by atoms with E-state index < -0.39 is 0 Å². The van der Waals surface area contributed by atoms with Gasteiger partial charge in [0.2, 0.25) is 5.91 Å². The molecule has 18 heavy (non-hydrogen) atoms. The van der Waals surface area contributed by atoms with Gasteiger partial charge in [-0.15, -0.1) is 0 Å². The average molecular weight is 240 g/mol. The summed E-state index contributed by atoms with van der Waals surface area (Å²) in [5.41, 5.74) is 3.77. The molecule has 0 spiro atoms. The number of carbonyl (C=O) groups excluding carboxylic acids is 1. The zero-order valence-electron chi connectivity index (χ0n) is 10.5. The summed E-state index contributed by atoms with van der Waals surface area (Å²) in [4.78, 5) is 17.6. The molecule has 1 aromatic carbocycles. The second-order valence-electron chi connectivity index (χ2n) is 5.59. The van der Waals surface area contributed by atoms with Gasteiger partial charge in [-0.2, -0.15) is 0 Å². The van der Waals surface area contributed by atoms with Crippen LogP contribution >= 0.6 is 0 Å². The lowest BCUT2D eigenvalue weighted by atomic mass is 9.86. The zero-order valence-corrected chi connectivity index (χ0v) is 10.5. The van der Waals surface area contributed by atoms with Gasteiger partial charge < -0.3 is 9.88 Å². The standard InChI is InChI=1S/C15H16N2O/c1-15-8-6-13(18)17(15)9-7-11-10-4-2-3-5-12(10)16-14(11)15/h2-5,16H,6-9H2,1H3/t15-/m1/s1. The van der Waals surface area contributed by atoms with Crippen molar-refractivity contribution in [3.05, 3.63) is 35.5 Å². The van der Waals surface area contributed by atoms with Crippen LogP contribution in [0.15, 0.2) is 24.3 Å². The lowest BCUT2D eigenvalue weighted by Crippen LogP contribution is -2.46. The monoisotopic (exact) mass is 240 g/mol. The van der Waals surface area contributed by atoms with Crippen molar-refractivity contribution in [3.63, 3.8) is 0 Å². The number of aromatic amines is 1. The molecule has 1 atom stereocenters. The minimum Gasteiger partial charge on any atom is -0.356 e. The summed E-state index contributed by atoms with van der Waals surface area (Å²) in [6.45, 7) is 3.06. The van der Waals surface area contributed by atoms with Crippen LogP contribution in [0.2, 0.25) is 0 Å². The Bertz CT molecular complexity index is 658. The topological polar surface area (TPSA) is 36.1 Å². The molecule has 3 heterocycles. The van der Waals surface area contributed by atoms with Crippen molar-refractivity contribution in [1.29, 1.82) is 0 Å². The van der Waals surface area contributed by atoms with E-state index in [0.717, 1.165) is 19.4 Å². The molecule has 0 unspecified atom stereocenters. The van der Waals surface area contributed by atoms with E-state index in [0.29, 0.717) is 12.3 Å². The summed E-state index contributed by atoms with van der Waals surface area (Å²) < 4.78 is 0. The number of aromatic nitrogens is 1. The van der Waals surface area contributed by atoms with Crippen LogP contribution in [0.4, 0.5) is 0 Å². The fourth-order valence-corrected chi connectivity index (χ4v) is 3.67. The molecule has 0 saturated carbocycles. The highest BCUT2D eigenvalue weighted by Gasteiger charge is 2.47. The maximum Gasteiger partial charge on any atom is 0.223 e. The molecular formula is C15H16N2O. The number of benzene rings is 1. The van der Waals surface area contributed by atoms with Crippen molar-refractivity contribution in [1.82, 2.24) is 9.88 Å². The number of hydrogen-bond acceptors (Lipinski definition) is 1. The van der Waals surface area contributed by atoms with Gasteiger partial charge in [0.15, 0.2) is 0 Å². The van der Waals surface area contributed by atoms with Gasteiger partial charge in [-0.1, -0.05) is 18.2 Å². The van der Waals surface area contributed by atoms with Gasteiger partial charge in [0.25, 0.3) is 0 Å². The zero-order chi connectivity index (χ0) is 12.3. The van der Waals surface area contributed by atoms with E-state index in [1.165, 1.54) is 22.2 Å². The van der Waals surface area contributed by atoms with Crippen LogP contribution in [0.3, 0.4) is 0 Å². The van der Waals surface area contributed by atoms with Crippen molar-refractivity contribution in [3.8, 4) is 0 Å². The van der Waals surface area contributed by atoms with Crippen molar-refractivity contribution in [2.24, 2.45) is 0 Å². The van der Waals surface area contributed by atoms with E-state index >= 15 is 0 Å². The molecule has 2 aromatic rings. The van der Waals surface area contributed by atoms with Gasteiger partial charge in [0.1, 0.15) is 0 Å². The molecule has 0 aliphatic carbocycles. The minimum absolute atomic E-state index is 0.107. The first kappa shape index (κ1) is 10.2. The lowest BCUT2D eigenvalue weighted by molar-refractivity contribution is -0.131. The third-order valence-electron chi connectivity index (χ3n) is 4.66. The van der Waals surface area contributed by atoms with Gasteiger partial charge in [-0.3, -0.25) is 4.79 Å². The third kappa shape index (κ3) is 1.07. The fraction of sp³-hybridized carbons (Fsp3) is 0.400. The molecule has 3 heteroatoms. The van der Waals surface area contributed by atoms with Gasteiger partial charge >= 0.3 is 0 Å². The van der Waals surface area contributed by atoms with Crippen molar-refractivity contribution in [2.75, 3.05) is 6.54 Å². The van der Waals surface area contributed by atoms with E-state index in [-0.39, 0.29) is 5.54 Å². The van der Waals surface area contributed by atoms with Crippen LogP contribution in [0, 0.1) is 0 Å². The number of para-hydroxylation sites is 1. The van der Waals surface area contributed by atoms with Gasteiger partial charge in [0.05, 0.1) is 5.54 Å². The molecular weight excluding hydrogens is 224 g/mol. The van der Waals surface area contributed by atoms with Crippen molar-refractivity contribution in [2.45, 2.75) is 31.7 Å². The second kappa shape index (κ2) is 3.16. The Balaban J connectivity index is 2.00. The predicted octanol–water partition coefficient (Wildman–Crippen LogP) is 2.56. The molecule has 0 bridgehead atoms. The normalized spacial score (nSPS) is 26.5. The van der Waals surface area contributed by atoms with E-state index in [1.807, 2.05) is 0 Å². The summed E-state index contributed by atoms with van der Waals surface area (Å²) >= 11 is 0. The molecule has 1 amide bonds. The quantitative estimate of drug-likeness (QED) is 0.754. The Morgan fingerprint density at radius 1 is 1.28 bits per heavy atom. The average Bonchev–Trinajstić information content (AvgIpc) is 2.89. The van der Waals surface area contributed by atoms with Crippen LogP contribution < -0.4 is 0 Å². The van der Waals surface area contributed by atoms with Gasteiger partial charge in [-0.25, -0.2) is 0 Å². The number of rotatable bonds is 0. The first-order valence-corrected chi connectivity index (χ1v) is 6.61. The molecule has 4 rings (SSSR count). The summed E-state index contributed by atoms with van der Waals surface area (Å²) in [7, 11) is 0. The molecule has 2 aliphatic heterocycles. The Hall–Kier alpha value is -1.77. The Labute approximate surface area is 106 Å². The number of nitrogens with zero attached hydrogens (tertiary/aromatic N) is 1. The van der Waals surface area contributed by atoms with Crippen LogP contribution in [0.5, 0.6) is 0 Å². The Morgan fingerprint density at radius 2 is 2.11 bits per heavy atom. The second-order valence-corrected chi connectivity index (χ2v) is 5.59. The first-order valence-electron chi connectivity index (χ1n) is 6.61. The van der Waals surface area contributed by atoms with Gasteiger partial charge in [-0.05, 0) is 31.4 Å². The third-order valence-corrected chi connectivity index (χ3v) is 4.66. The number of H-pyrrole nitrogens is 1. The van der Waals surface area contributed by atoms with Crippen LogP contribution in [0.1, 0.15) is 31.0 Å². The Morgan fingerprint density at radius 3 is 3.00 bits per heavy atom. The molecule has 1 saturated heterocycles. The van der Waals surface area contributed by atoms with E-state index in [4.69, 9.17) is 0 Å². The molecule has 1 fully saturated rings. The molecule has 0 radical (unpaired) electrons. The predicted molar refractivity (Wildman–Crippen MR) is 70.3 cm³/mol. The number of carbonyl (C=O) groups is 1. The van der Waals surface area contributed by atoms with Crippen LogP contribution in [-0.4, -0.2) is 22.3 Å². The Kier molecular flexibility index (Phi) is 1.79. The molecule has 1 aromatic heterocycles. The van der Waals surface area contributed by atoms with Crippen molar-refractivity contribution < 1.29 is 4.79 Å². The van der Waals surface area contributed by atoms with Gasteiger partial charge in [0, 0.05) is 29.6 Å². The SMILES string of the molecule is C[C@]12CCC(=O)N1CCc1c2[nH]c2ccccc12. The highest BCUT2D eigenvalue weighted by atomic mass is 16.2. The summed E-state index contributed by atoms with van der Waals surface area (Å²) in [6.07, 6.45) is 2.59. The smallest absolute Gasteiger partial charge is 0.223 e. The highest BCUT2D eigenvalue weighted by molar-refractivity contribution is 5.87. The molecule has 1 N–H and O–H groups in total. The largest absolute Gasteiger partial charge is 0.356 e. The lowest BCUT2D eigenvalue weighted by Gasteiger charge is -2.39.